The highest BCUT2D eigenvalue weighted by Crippen LogP contribution is 2.25. The Morgan fingerprint density at radius 2 is 1.97 bits per heavy atom. The number of rotatable bonds is 5. The van der Waals surface area contributed by atoms with Crippen LogP contribution in [0, 0.1) is 11.3 Å². The second kappa shape index (κ2) is 7.91. The van der Waals surface area contributed by atoms with Crippen LogP contribution >= 0.6 is 0 Å². The molecule has 4 aromatic rings. The second-order valence-corrected chi connectivity index (χ2v) is 7.59. The van der Waals surface area contributed by atoms with Gasteiger partial charge in [-0.15, -0.1) is 0 Å². The minimum Gasteiger partial charge on any atom is -0.367 e. The van der Waals surface area contributed by atoms with Crippen LogP contribution in [-0.2, 0) is 0 Å². The van der Waals surface area contributed by atoms with E-state index in [2.05, 4.69) is 30.6 Å². The van der Waals surface area contributed by atoms with Gasteiger partial charge in [-0.25, -0.2) is 15.0 Å². The van der Waals surface area contributed by atoms with Crippen LogP contribution in [-0.4, -0.2) is 36.6 Å². The number of pyridine rings is 3. The summed E-state index contributed by atoms with van der Waals surface area (Å²) in [6.45, 7) is 0. The van der Waals surface area contributed by atoms with Gasteiger partial charge in [0, 0.05) is 30.5 Å². The zero-order valence-electron chi connectivity index (χ0n) is 16.6. The molecule has 1 saturated carbocycles. The number of aromatic nitrogens is 5. The molecule has 0 unspecified atom stereocenters. The number of nitriles is 1. The summed E-state index contributed by atoms with van der Waals surface area (Å²) in [6.07, 6.45) is 7.89. The maximum Gasteiger partial charge on any atom is 0.255 e. The summed E-state index contributed by atoms with van der Waals surface area (Å²) in [7, 11) is 0. The first-order valence-electron chi connectivity index (χ1n) is 10.1. The Balaban J connectivity index is 1.22. The first-order chi connectivity index (χ1) is 15.2. The fraction of sp³-hybridized carbons (Fsp3) is 0.227. The van der Waals surface area contributed by atoms with Crippen LogP contribution in [0.25, 0.3) is 16.9 Å². The maximum atomic E-state index is 12.1. The zero-order valence-corrected chi connectivity index (χ0v) is 16.6. The molecular formula is C22H20N8O. The Bertz CT molecular complexity index is 1280. The molecule has 31 heavy (non-hydrogen) atoms. The van der Waals surface area contributed by atoms with Gasteiger partial charge in [-0.2, -0.15) is 5.26 Å². The molecule has 1 aliphatic rings. The summed E-state index contributed by atoms with van der Waals surface area (Å²) in [5.74, 6) is 1.50. The van der Waals surface area contributed by atoms with Crippen molar-refractivity contribution >= 4 is 22.9 Å². The molecule has 154 valence electrons. The molecular weight excluding hydrogens is 392 g/mol. The van der Waals surface area contributed by atoms with Crippen molar-refractivity contribution in [2.45, 2.75) is 31.3 Å². The quantitative estimate of drug-likeness (QED) is 0.460. The van der Waals surface area contributed by atoms with Crippen LogP contribution in [0.4, 0.5) is 11.8 Å². The molecule has 0 radical (unpaired) electrons. The smallest absolute Gasteiger partial charge is 0.255 e. The van der Waals surface area contributed by atoms with Crippen molar-refractivity contribution in [3.63, 3.8) is 0 Å². The highest BCUT2D eigenvalue weighted by atomic mass is 16.1. The molecule has 9 heteroatoms. The molecule has 0 saturated heterocycles. The van der Waals surface area contributed by atoms with E-state index >= 15 is 0 Å². The van der Waals surface area contributed by atoms with Gasteiger partial charge in [0.15, 0.2) is 5.65 Å². The summed E-state index contributed by atoms with van der Waals surface area (Å²) < 4.78 is 1.42. The average Bonchev–Trinajstić information content (AvgIpc) is 3.41. The first-order valence-corrected chi connectivity index (χ1v) is 10.1. The number of anilines is 2. The van der Waals surface area contributed by atoms with Crippen molar-refractivity contribution in [2.75, 3.05) is 10.6 Å². The predicted octanol–water partition coefficient (Wildman–Crippen LogP) is 2.82. The maximum absolute atomic E-state index is 12.1. The van der Waals surface area contributed by atoms with Crippen molar-refractivity contribution in [3.05, 3.63) is 70.9 Å². The van der Waals surface area contributed by atoms with Crippen LogP contribution in [0.3, 0.4) is 0 Å². The van der Waals surface area contributed by atoms with E-state index in [1.54, 1.807) is 12.4 Å². The molecule has 1 aliphatic carbocycles. The number of fused-ring (bicyclic) bond motifs is 1. The van der Waals surface area contributed by atoms with Gasteiger partial charge < -0.3 is 15.6 Å². The standard InChI is InChI=1S/C22H20N8O/c23-11-14-3-8-20(31)30(13-14)17-6-7-19(25-12-17)26-15-4-5-16(10-15)27-22-28-18-2-1-9-24-21(18)29-22/h1-3,6-9,12-13,15-16H,4-5,10H2,(H,25,26)(H2,24,27,28,29)/t15-,16-/m0/s1. The third-order valence-corrected chi connectivity index (χ3v) is 5.45. The molecule has 5 rings (SSSR count). The minimum atomic E-state index is -0.202. The third kappa shape index (κ3) is 3.96. The number of hydrogen-bond donors (Lipinski definition) is 3. The number of nitrogens with zero attached hydrogens (tertiary/aromatic N) is 5. The highest BCUT2D eigenvalue weighted by molar-refractivity contribution is 5.72. The number of nitrogens with one attached hydrogen (secondary N) is 3. The monoisotopic (exact) mass is 412 g/mol. The SMILES string of the molecule is N#Cc1ccc(=O)n(-c2ccc(N[C@H]3CC[C@H](Nc4nc5cccnc5[nH]4)C3)nc2)c1. The van der Waals surface area contributed by atoms with Crippen LogP contribution in [0.5, 0.6) is 0 Å². The molecule has 2 atom stereocenters. The number of aromatic amines is 1. The lowest BCUT2D eigenvalue weighted by atomic mass is 10.2. The van der Waals surface area contributed by atoms with Crippen molar-refractivity contribution in [1.82, 2.24) is 24.5 Å². The Morgan fingerprint density at radius 1 is 1.10 bits per heavy atom. The number of hydrogen-bond acceptors (Lipinski definition) is 7. The molecule has 0 amide bonds. The topological polar surface area (TPSA) is 124 Å². The van der Waals surface area contributed by atoms with E-state index in [4.69, 9.17) is 5.26 Å². The highest BCUT2D eigenvalue weighted by Gasteiger charge is 2.25. The van der Waals surface area contributed by atoms with Crippen molar-refractivity contribution < 1.29 is 0 Å². The second-order valence-electron chi connectivity index (χ2n) is 7.59. The van der Waals surface area contributed by atoms with E-state index in [9.17, 15) is 4.79 Å². The first kappa shape index (κ1) is 18.8. The van der Waals surface area contributed by atoms with Crippen LogP contribution in [0.15, 0.2) is 59.8 Å². The van der Waals surface area contributed by atoms with Crippen LogP contribution in [0.2, 0.25) is 0 Å². The molecule has 4 aromatic heterocycles. The summed E-state index contributed by atoms with van der Waals surface area (Å²) >= 11 is 0. The Kier molecular flexibility index (Phi) is 4.80. The van der Waals surface area contributed by atoms with Crippen LogP contribution < -0.4 is 16.2 Å². The molecule has 0 aliphatic heterocycles. The van der Waals surface area contributed by atoms with Crippen molar-refractivity contribution in [3.8, 4) is 11.8 Å². The fourth-order valence-corrected chi connectivity index (χ4v) is 3.93. The summed E-state index contributed by atoms with van der Waals surface area (Å²) in [5, 5.41) is 16.0. The fourth-order valence-electron chi connectivity index (χ4n) is 3.93. The zero-order chi connectivity index (χ0) is 21.2. The Hall–Kier alpha value is -4.19. The van der Waals surface area contributed by atoms with Gasteiger partial charge in [0.05, 0.1) is 17.4 Å². The normalized spacial score (nSPS) is 18.0. The molecule has 3 N–H and O–H groups in total. The van der Waals surface area contributed by atoms with E-state index < -0.39 is 0 Å². The molecule has 0 bridgehead atoms. The van der Waals surface area contributed by atoms with E-state index in [0.29, 0.717) is 23.3 Å². The number of H-pyrrole nitrogens is 1. The van der Waals surface area contributed by atoms with Gasteiger partial charge in [0.1, 0.15) is 17.4 Å². The van der Waals surface area contributed by atoms with E-state index in [-0.39, 0.29) is 5.56 Å². The minimum absolute atomic E-state index is 0.202. The van der Waals surface area contributed by atoms with E-state index in [1.807, 2.05) is 30.3 Å². The van der Waals surface area contributed by atoms with Crippen molar-refractivity contribution in [1.29, 1.82) is 5.26 Å². The molecule has 0 spiro atoms. The summed E-state index contributed by atoms with van der Waals surface area (Å²) in [4.78, 5) is 28.6. The van der Waals surface area contributed by atoms with Gasteiger partial charge in [0.25, 0.3) is 5.56 Å². The van der Waals surface area contributed by atoms with Gasteiger partial charge in [-0.05, 0) is 49.6 Å². The van der Waals surface area contributed by atoms with E-state index in [0.717, 1.165) is 42.2 Å². The summed E-state index contributed by atoms with van der Waals surface area (Å²) in [5.41, 5.74) is 2.47. The summed E-state index contributed by atoms with van der Waals surface area (Å²) in [6, 6.07) is 13.0. The average molecular weight is 412 g/mol. The molecule has 0 aromatic carbocycles. The third-order valence-electron chi connectivity index (χ3n) is 5.45. The Morgan fingerprint density at radius 3 is 2.74 bits per heavy atom. The van der Waals surface area contributed by atoms with E-state index in [1.165, 1.54) is 22.9 Å². The van der Waals surface area contributed by atoms with Gasteiger partial charge in [-0.3, -0.25) is 9.36 Å². The lowest BCUT2D eigenvalue weighted by Crippen LogP contribution is -2.21. The van der Waals surface area contributed by atoms with Crippen LogP contribution in [0.1, 0.15) is 24.8 Å². The largest absolute Gasteiger partial charge is 0.367 e. The van der Waals surface area contributed by atoms with Gasteiger partial charge in [0.2, 0.25) is 5.95 Å². The van der Waals surface area contributed by atoms with Gasteiger partial charge >= 0.3 is 0 Å². The van der Waals surface area contributed by atoms with Crippen molar-refractivity contribution in [2.24, 2.45) is 0 Å². The lowest BCUT2D eigenvalue weighted by Gasteiger charge is -2.15. The van der Waals surface area contributed by atoms with Gasteiger partial charge in [-0.1, -0.05) is 0 Å². The molecule has 4 heterocycles. The number of imidazole rings is 1. The molecule has 9 nitrogen and oxygen atoms in total. The predicted molar refractivity (Wildman–Crippen MR) is 117 cm³/mol. The molecule has 1 fully saturated rings. The Labute approximate surface area is 177 Å². The lowest BCUT2D eigenvalue weighted by molar-refractivity contribution is 0.718.